The Morgan fingerprint density at radius 2 is 2.15 bits per heavy atom. The standard InChI is InChI=1S/C19H24ClN5O2/c1-12-5-6-15(13(2)11-12)27-10-4-9-21-17(26)8-7-16-22-19-18(20)14(3)23-25(19)24-16/h5-6,11,23H,4,7-10H2,1-3H3,(H,21,26). The van der Waals surface area contributed by atoms with Crippen molar-refractivity contribution in [1.29, 1.82) is 0 Å². The molecule has 144 valence electrons. The summed E-state index contributed by atoms with van der Waals surface area (Å²) in [5.74, 6) is 1.46. The van der Waals surface area contributed by atoms with Crippen molar-refractivity contribution in [3.05, 3.63) is 45.9 Å². The number of carbonyl (C=O) groups is 1. The topological polar surface area (TPSA) is 84.3 Å². The van der Waals surface area contributed by atoms with Gasteiger partial charge >= 0.3 is 0 Å². The number of amides is 1. The van der Waals surface area contributed by atoms with E-state index in [2.05, 4.69) is 33.5 Å². The number of aryl methyl sites for hydroxylation is 4. The molecular formula is C19H24ClN5O2. The molecule has 2 N–H and O–H groups in total. The number of hydrogen-bond acceptors (Lipinski definition) is 4. The normalized spacial score (nSPS) is 11.1. The van der Waals surface area contributed by atoms with Crippen LogP contribution in [0.3, 0.4) is 0 Å². The average molecular weight is 390 g/mol. The molecular weight excluding hydrogens is 366 g/mol. The molecule has 0 fully saturated rings. The maximum Gasteiger partial charge on any atom is 0.220 e. The number of rotatable bonds is 8. The second-order valence-corrected chi connectivity index (χ2v) is 7.01. The molecule has 0 aliphatic heterocycles. The molecule has 1 aromatic carbocycles. The van der Waals surface area contributed by atoms with Crippen molar-refractivity contribution in [2.45, 2.75) is 40.0 Å². The molecule has 2 aromatic heterocycles. The molecule has 1 amide bonds. The van der Waals surface area contributed by atoms with Crippen LogP contribution in [-0.2, 0) is 11.2 Å². The molecule has 0 radical (unpaired) electrons. The zero-order valence-corrected chi connectivity index (χ0v) is 16.6. The minimum Gasteiger partial charge on any atom is -0.493 e. The highest BCUT2D eigenvalue weighted by Gasteiger charge is 2.12. The maximum absolute atomic E-state index is 12.0. The van der Waals surface area contributed by atoms with E-state index in [0.717, 1.165) is 23.4 Å². The Bertz CT molecular complexity index is 947. The lowest BCUT2D eigenvalue weighted by atomic mass is 10.1. The van der Waals surface area contributed by atoms with E-state index in [9.17, 15) is 4.79 Å². The number of hydrogen-bond donors (Lipinski definition) is 2. The summed E-state index contributed by atoms with van der Waals surface area (Å²) in [6, 6.07) is 6.11. The zero-order chi connectivity index (χ0) is 19.4. The van der Waals surface area contributed by atoms with Crippen molar-refractivity contribution in [3.8, 4) is 5.75 Å². The number of fused-ring (bicyclic) bond motifs is 1. The minimum atomic E-state index is -0.0257. The molecule has 0 bridgehead atoms. The van der Waals surface area contributed by atoms with Crippen LogP contribution in [0.2, 0.25) is 5.02 Å². The van der Waals surface area contributed by atoms with E-state index in [1.54, 1.807) is 0 Å². The number of carbonyl (C=O) groups excluding carboxylic acids is 1. The highest BCUT2D eigenvalue weighted by molar-refractivity contribution is 6.34. The van der Waals surface area contributed by atoms with Gasteiger partial charge in [-0.3, -0.25) is 9.89 Å². The van der Waals surface area contributed by atoms with E-state index in [1.165, 1.54) is 10.2 Å². The van der Waals surface area contributed by atoms with Crippen molar-refractivity contribution in [1.82, 2.24) is 25.1 Å². The van der Waals surface area contributed by atoms with Crippen LogP contribution in [0.15, 0.2) is 18.2 Å². The molecule has 3 aromatic rings. The smallest absolute Gasteiger partial charge is 0.220 e. The van der Waals surface area contributed by atoms with Gasteiger partial charge in [0.1, 0.15) is 10.8 Å². The van der Waals surface area contributed by atoms with Crippen LogP contribution in [0.5, 0.6) is 5.75 Å². The van der Waals surface area contributed by atoms with Gasteiger partial charge in [-0.05, 0) is 38.8 Å². The Kier molecular flexibility index (Phi) is 6.01. The van der Waals surface area contributed by atoms with E-state index in [1.807, 2.05) is 26.0 Å². The second kappa shape index (κ2) is 8.43. The molecule has 0 spiro atoms. The lowest BCUT2D eigenvalue weighted by Crippen LogP contribution is -2.25. The molecule has 0 atom stereocenters. The summed E-state index contributed by atoms with van der Waals surface area (Å²) in [4.78, 5) is 16.3. The molecule has 0 saturated heterocycles. The number of H-pyrrole nitrogens is 1. The molecule has 0 aliphatic rings. The SMILES string of the molecule is Cc1ccc(OCCCNC(=O)CCc2nc3c(Cl)c(C)[nH]n3n2)c(C)c1. The summed E-state index contributed by atoms with van der Waals surface area (Å²) in [5.41, 5.74) is 3.75. The average Bonchev–Trinajstić information content (AvgIpc) is 3.13. The molecule has 2 heterocycles. The molecule has 27 heavy (non-hydrogen) atoms. The highest BCUT2D eigenvalue weighted by atomic mass is 35.5. The molecule has 8 heteroatoms. The second-order valence-electron chi connectivity index (χ2n) is 6.64. The van der Waals surface area contributed by atoms with E-state index in [-0.39, 0.29) is 5.91 Å². The van der Waals surface area contributed by atoms with Crippen molar-refractivity contribution in [2.75, 3.05) is 13.2 Å². The van der Waals surface area contributed by atoms with E-state index in [4.69, 9.17) is 16.3 Å². The van der Waals surface area contributed by atoms with Crippen molar-refractivity contribution in [2.24, 2.45) is 0 Å². The Balaban J connectivity index is 1.35. The Morgan fingerprint density at radius 3 is 2.89 bits per heavy atom. The number of ether oxygens (including phenoxy) is 1. The Labute approximate surface area is 163 Å². The number of nitrogens with zero attached hydrogens (tertiary/aromatic N) is 3. The summed E-state index contributed by atoms with van der Waals surface area (Å²) in [6.45, 7) is 7.09. The molecule has 3 rings (SSSR count). The summed E-state index contributed by atoms with van der Waals surface area (Å²) in [5, 5.41) is 10.7. The summed E-state index contributed by atoms with van der Waals surface area (Å²) in [6.07, 6.45) is 1.55. The first-order valence-corrected chi connectivity index (χ1v) is 9.38. The Morgan fingerprint density at radius 1 is 1.33 bits per heavy atom. The number of aromatic amines is 1. The maximum atomic E-state index is 12.0. The fourth-order valence-corrected chi connectivity index (χ4v) is 2.98. The minimum absolute atomic E-state index is 0.0257. The zero-order valence-electron chi connectivity index (χ0n) is 15.8. The third-order valence-corrected chi connectivity index (χ3v) is 4.71. The fraction of sp³-hybridized carbons (Fsp3) is 0.421. The number of benzene rings is 1. The first kappa shape index (κ1) is 19.2. The van der Waals surface area contributed by atoms with Crippen LogP contribution in [0, 0.1) is 20.8 Å². The highest BCUT2D eigenvalue weighted by Crippen LogP contribution is 2.20. The van der Waals surface area contributed by atoms with Gasteiger partial charge in [-0.25, -0.2) is 4.98 Å². The first-order chi connectivity index (χ1) is 12.9. The van der Waals surface area contributed by atoms with Gasteiger partial charge in [0.25, 0.3) is 0 Å². The predicted molar refractivity (Wildman–Crippen MR) is 104 cm³/mol. The van der Waals surface area contributed by atoms with Gasteiger partial charge in [0, 0.05) is 19.4 Å². The van der Waals surface area contributed by atoms with Crippen LogP contribution in [0.4, 0.5) is 0 Å². The van der Waals surface area contributed by atoms with Gasteiger partial charge in [-0.1, -0.05) is 29.3 Å². The van der Waals surface area contributed by atoms with Gasteiger partial charge in [0.05, 0.1) is 12.3 Å². The Hall–Kier alpha value is -2.54. The monoisotopic (exact) mass is 389 g/mol. The third-order valence-electron chi connectivity index (χ3n) is 4.26. The quantitative estimate of drug-likeness (QED) is 0.579. The van der Waals surface area contributed by atoms with Crippen LogP contribution in [0.1, 0.15) is 35.5 Å². The molecule has 0 unspecified atom stereocenters. The lowest BCUT2D eigenvalue weighted by Gasteiger charge is -2.10. The number of nitrogens with one attached hydrogen (secondary N) is 2. The third kappa shape index (κ3) is 4.80. The van der Waals surface area contributed by atoms with Crippen LogP contribution in [0.25, 0.3) is 5.65 Å². The number of aromatic nitrogens is 4. The van der Waals surface area contributed by atoms with Gasteiger partial charge in [-0.15, -0.1) is 5.10 Å². The van der Waals surface area contributed by atoms with Crippen molar-refractivity contribution in [3.63, 3.8) is 0 Å². The summed E-state index contributed by atoms with van der Waals surface area (Å²) < 4.78 is 7.30. The van der Waals surface area contributed by atoms with Crippen molar-refractivity contribution >= 4 is 23.2 Å². The first-order valence-electron chi connectivity index (χ1n) is 9.00. The molecule has 7 nitrogen and oxygen atoms in total. The predicted octanol–water partition coefficient (Wildman–Crippen LogP) is 3.15. The van der Waals surface area contributed by atoms with Crippen LogP contribution in [-0.4, -0.2) is 38.9 Å². The molecule has 0 aliphatic carbocycles. The van der Waals surface area contributed by atoms with E-state index < -0.39 is 0 Å². The molecule has 0 saturated carbocycles. The fourth-order valence-electron chi connectivity index (χ4n) is 2.81. The van der Waals surface area contributed by atoms with E-state index in [0.29, 0.717) is 42.5 Å². The van der Waals surface area contributed by atoms with Crippen LogP contribution < -0.4 is 10.1 Å². The summed E-state index contributed by atoms with van der Waals surface area (Å²) >= 11 is 6.13. The van der Waals surface area contributed by atoms with Gasteiger partial charge in [0.2, 0.25) is 5.91 Å². The van der Waals surface area contributed by atoms with Gasteiger partial charge in [-0.2, -0.15) is 4.63 Å². The largest absolute Gasteiger partial charge is 0.493 e. The summed E-state index contributed by atoms with van der Waals surface area (Å²) in [7, 11) is 0. The lowest BCUT2D eigenvalue weighted by molar-refractivity contribution is -0.121. The van der Waals surface area contributed by atoms with Gasteiger partial charge < -0.3 is 10.1 Å². The van der Waals surface area contributed by atoms with Gasteiger partial charge in [0.15, 0.2) is 11.5 Å². The van der Waals surface area contributed by atoms with Crippen molar-refractivity contribution < 1.29 is 9.53 Å². The van der Waals surface area contributed by atoms with Crippen LogP contribution >= 0.6 is 11.6 Å². The van der Waals surface area contributed by atoms with E-state index >= 15 is 0 Å². The number of halogens is 1.